The van der Waals surface area contributed by atoms with Gasteiger partial charge in [-0.3, -0.25) is 29.4 Å². The van der Waals surface area contributed by atoms with Crippen LogP contribution in [0.4, 0.5) is 5.95 Å². The molecule has 1 saturated heterocycles. The molecule has 0 radical (unpaired) electrons. The van der Waals surface area contributed by atoms with Gasteiger partial charge in [-0.05, 0) is 17.7 Å². The van der Waals surface area contributed by atoms with Crippen molar-refractivity contribution in [3.63, 3.8) is 0 Å². The van der Waals surface area contributed by atoms with Crippen molar-refractivity contribution >= 4 is 29.7 Å². The number of hydrogen-bond donors (Lipinski definition) is 2. The Morgan fingerprint density at radius 2 is 1.51 bits per heavy atom. The second-order valence-electron chi connectivity index (χ2n) is 8.86. The fourth-order valence-electron chi connectivity index (χ4n) is 4.59. The van der Waals surface area contributed by atoms with Gasteiger partial charge in [-0.15, -0.1) is 0 Å². The molecule has 10 nitrogen and oxygen atoms in total. The van der Waals surface area contributed by atoms with Crippen LogP contribution in [0.15, 0.2) is 73.1 Å². The van der Waals surface area contributed by atoms with E-state index in [1.54, 1.807) is 29.7 Å². The van der Waals surface area contributed by atoms with E-state index in [-0.39, 0.29) is 17.4 Å². The SMILES string of the molecule is O=C(NO)c1cnc(N2CCN(CC(C=Cc3ccccc3)N3C(=O)c4ccccc4C3=O)CC2)nc1. The molecule has 37 heavy (non-hydrogen) atoms. The maximum absolute atomic E-state index is 13.2. The lowest BCUT2D eigenvalue weighted by Crippen LogP contribution is -2.52. The van der Waals surface area contributed by atoms with Crippen molar-refractivity contribution in [1.82, 2.24) is 25.2 Å². The van der Waals surface area contributed by atoms with E-state index in [1.165, 1.54) is 17.3 Å². The van der Waals surface area contributed by atoms with Gasteiger partial charge < -0.3 is 4.90 Å². The summed E-state index contributed by atoms with van der Waals surface area (Å²) < 4.78 is 0. The second-order valence-corrected chi connectivity index (χ2v) is 8.86. The first-order valence-electron chi connectivity index (χ1n) is 12.0. The highest BCUT2D eigenvalue weighted by atomic mass is 16.5. The molecule has 0 aliphatic carbocycles. The molecule has 2 aliphatic rings. The van der Waals surface area contributed by atoms with Gasteiger partial charge >= 0.3 is 0 Å². The van der Waals surface area contributed by atoms with E-state index in [9.17, 15) is 14.4 Å². The largest absolute Gasteiger partial charge is 0.338 e. The highest BCUT2D eigenvalue weighted by Gasteiger charge is 2.39. The van der Waals surface area contributed by atoms with Crippen LogP contribution in [-0.4, -0.2) is 81.5 Å². The number of imide groups is 1. The molecule has 1 atom stereocenters. The summed E-state index contributed by atoms with van der Waals surface area (Å²) in [4.78, 5) is 52.0. The Hall–Kier alpha value is -4.41. The van der Waals surface area contributed by atoms with Crippen molar-refractivity contribution in [3.8, 4) is 0 Å². The van der Waals surface area contributed by atoms with Crippen LogP contribution in [0, 0.1) is 0 Å². The van der Waals surface area contributed by atoms with Gasteiger partial charge in [0.2, 0.25) is 5.95 Å². The summed E-state index contributed by atoms with van der Waals surface area (Å²) in [5.41, 5.74) is 3.59. The molecule has 2 N–H and O–H groups in total. The van der Waals surface area contributed by atoms with E-state index in [0.717, 1.165) is 5.56 Å². The first-order chi connectivity index (χ1) is 18.0. The predicted molar refractivity (Wildman–Crippen MR) is 136 cm³/mol. The minimum Gasteiger partial charge on any atom is -0.338 e. The minimum atomic E-state index is -0.667. The molecule has 0 bridgehead atoms. The van der Waals surface area contributed by atoms with Gasteiger partial charge in [0, 0.05) is 45.1 Å². The molecular weight excluding hydrogens is 472 g/mol. The number of hydroxylamine groups is 1. The Kier molecular flexibility index (Phi) is 7.02. The fraction of sp³-hybridized carbons (Fsp3) is 0.222. The normalized spacial score (nSPS) is 16.8. The third-order valence-electron chi connectivity index (χ3n) is 6.57. The van der Waals surface area contributed by atoms with E-state index < -0.39 is 11.9 Å². The molecule has 1 aromatic heterocycles. The topological polar surface area (TPSA) is 119 Å². The number of amides is 3. The van der Waals surface area contributed by atoms with Gasteiger partial charge in [0.1, 0.15) is 0 Å². The molecule has 5 rings (SSSR count). The number of hydrogen-bond acceptors (Lipinski definition) is 8. The predicted octanol–water partition coefficient (Wildman–Crippen LogP) is 2.10. The third-order valence-corrected chi connectivity index (χ3v) is 6.57. The lowest BCUT2D eigenvalue weighted by molar-refractivity contribution is 0.0581. The van der Waals surface area contributed by atoms with Gasteiger partial charge in [-0.25, -0.2) is 15.4 Å². The maximum atomic E-state index is 13.2. The van der Waals surface area contributed by atoms with Crippen LogP contribution in [0.2, 0.25) is 0 Å². The monoisotopic (exact) mass is 498 g/mol. The number of fused-ring (bicyclic) bond motifs is 1. The highest BCUT2D eigenvalue weighted by molar-refractivity contribution is 6.21. The number of benzene rings is 2. The third kappa shape index (κ3) is 5.11. The zero-order valence-corrected chi connectivity index (χ0v) is 20.0. The standard InChI is InChI=1S/C27H26N6O4/c34-24(30-37)20-16-28-27(29-17-20)32-14-12-31(13-15-32)18-21(11-10-19-6-2-1-3-7-19)33-25(35)22-8-4-5-9-23(22)26(33)36/h1-11,16-17,21,37H,12-15,18H2,(H,30,34). The molecule has 188 valence electrons. The molecule has 0 saturated carbocycles. The first-order valence-corrected chi connectivity index (χ1v) is 12.0. The van der Waals surface area contributed by atoms with Gasteiger partial charge in [0.05, 0.1) is 22.7 Å². The Balaban J connectivity index is 1.30. The van der Waals surface area contributed by atoms with Gasteiger partial charge in [-0.2, -0.15) is 0 Å². The van der Waals surface area contributed by atoms with Crippen molar-refractivity contribution < 1.29 is 19.6 Å². The molecular formula is C27H26N6O4. The Morgan fingerprint density at radius 1 is 0.919 bits per heavy atom. The first kappa shape index (κ1) is 24.3. The van der Waals surface area contributed by atoms with Crippen molar-refractivity contribution in [2.24, 2.45) is 0 Å². The number of nitrogens with zero attached hydrogens (tertiary/aromatic N) is 5. The lowest BCUT2D eigenvalue weighted by atomic mass is 10.1. The molecule has 3 aromatic rings. The van der Waals surface area contributed by atoms with E-state index in [0.29, 0.717) is 49.8 Å². The number of rotatable bonds is 7. The van der Waals surface area contributed by atoms with E-state index in [4.69, 9.17) is 5.21 Å². The number of nitrogens with one attached hydrogen (secondary N) is 1. The molecule has 2 aromatic carbocycles. The molecule has 1 unspecified atom stereocenters. The molecule has 3 amide bonds. The zero-order valence-electron chi connectivity index (χ0n) is 20.0. The summed E-state index contributed by atoms with van der Waals surface area (Å²) in [5.74, 6) is -0.723. The van der Waals surface area contributed by atoms with Crippen LogP contribution >= 0.6 is 0 Å². The van der Waals surface area contributed by atoms with Crippen LogP contribution in [0.1, 0.15) is 36.6 Å². The van der Waals surface area contributed by atoms with Crippen LogP contribution in [0.3, 0.4) is 0 Å². The summed E-state index contributed by atoms with van der Waals surface area (Å²) in [6, 6.07) is 16.3. The number of carbonyl (C=O) groups is 3. The van der Waals surface area contributed by atoms with Gasteiger partial charge in [0.25, 0.3) is 17.7 Å². The maximum Gasteiger partial charge on any atom is 0.277 e. The average Bonchev–Trinajstić information content (AvgIpc) is 3.21. The van der Waals surface area contributed by atoms with Crippen LogP contribution in [0.25, 0.3) is 6.08 Å². The number of piperazine rings is 1. The number of aromatic nitrogens is 2. The van der Waals surface area contributed by atoms with Crippen LogP contribution in [-0.2, 0) is 0 Å². The van der Waals surface area contributed by atoms with E-state index in [1.807, 2.05) is 47.4 Å². The lowest BCUT2D eigenvalue weighted by Gasteiger charge is -2.37. The second kappa shape index (κ2) is 10.7. The summed E-state index contributed by atoms with van der Waals surface area (Å²) in [5, 5.41) is 8.75. The molecule has 1 fully saturated rings. The number of anilines is 1. The van der Waals surface area contributed by atoms with Crippen LogP contribution in [0.5, 0.6) is 0 Å². The fourth-order valence-corrected chi connectivity index (χ4v) is 4.59. The van der Waals surface area contributed by atoms with Crippen molar-refractivity contribution in [1.29, 1.82) is 0 Å². The Labute approximate surface area is 213 Å². The summed E-state index contributed by atoms with van der Waals surface area (Å²) >= 11 is 0. The zero-order chi connectivity index (χ0) is 25.8. The molecule has 0 spiro atoms. The van der Waals surface area contributed by atoms with E-state index in [2.05, 4.69) is 14.9 Å². The van der Waals surface area contributed by atoms with Crippen molar-refractivity contribution in [3.05, 3.63) is 95.3 Å². The molecule has 3 heterocycles. The Bertz CT molecular complexity index is 1290. The molecule has 10 heteroatoms. The highest BCUT2D eigenvalue weighted by Crippen LogP contribution is 2.26. The van der Waals surface area contributed by atoms with Gasteiger partial charge in [-0.1, -0.05) is 54.6 Å². The molecule has 2 aliphatic heterocycles. The minimum absolute atomic E-state index is 0.166. The van der Waals surface area contributed by atoms with E-state index >= 15 is 0 Å². The van der Waals surface area contributed by atoms with Crippen molar-refractivity contribution in [2.45, 2.75) is 6.04 Å². The van der Waals surface area contributed by atoms with Gasteiger partial charge in [0.15, 0.2) is 0 Å². The van der Waals surface area contributed by atoms with Crippen molar-refractivity contribution in [2.75, 3.05) is 37.6 Å². The summed E-state index contributed by atoms with van der Waals surface area (Å²) in [7, 11) is 0. The summed E-state index contributed by atoms with van der Waals surface area (Å²) in [6.45, 7) is 3.15. The average molecular weight is 499 g/mol. The quantitative estimate of drug-likeness (QED) is 0.289. The summed E-state index contributed by atoms with van der Waals surface area (Å²) in [6.07, 6.45) is 6.61. The van der Waals surface area contributed by atoms with Crippen LogP contribution < -0.4 is 10.4 Å². The smallest absolute Gasteiger partial charge is 0.277 e. The number of carbonyl (C=O) groups excluding carboxylic acids is 3. The Morgan fingerprint density at radius 3 is 2.11 bits per heavy atom.